The van der Waals surface area contributed by atoms with E-state index in [0.29, 0.717) is 12.1 Å². The fourth-order valence-corrected chi connectivity index (χ4v) is 3.31. The molecule has 0 saturated heterocycles. The summed E-state index contributed by atoms with van der Waals surface area (Å²) < 4.78 is 0. The first-order valence-electron chi connectivity index (χ1n) is 9.38. The van der Waals surface area contributed by atoms with Crippen molar-refractivity contribution in [1.82, 2.24) is 0 Å². The van der Waals surface area contributed by atoms with Crippen LogP contribution in [0.5, 0.6) is 0 Å². The Kier molecular flexibility index (Phi) is 4.63. The molecule has 4 nitrogen and oxygen atoms in total. The SMILES string of the molecule is CCN(C(=O)c1ccc(NC(=O)C2CC2)cc1)c1cccc2ccccc12. The molecule has 4 heteroatoms. The minimum absolute atomic E-state index is 0.0473. The van der Waals surface area contributed by atoms with Crippen molar-refractivity contribution in [1.29, 1.82) is 0 Å². The third kappa shape index (κ3) is 3.56. The molecule has 0 heterocycles. The number of anilines is 2. The molecule has 1 aliphatic rings. The van der Waals surface area contributed by atoms with Crippen LogP contribution >= 0.6 is 0 Å². The molecule has 1 saturated carbocycles. The van der Waals surface area contributed by atoms with E-state index in [2.05, 4.69) is 17.4 Å². The Labute approximate surface area is 158 Å². The summed E-state index contributed by atoms with van der Waals surface area (Å²) in [6.07, 6.45) is 1.94. The van der Waals surface area contributed by atoms with E-state index >= 15 is 0 Å². The summed E-state index contributed by atoms with van der Waals surface area (Å²) >= 11 is 0. The molecule has 27 heavy (non-hydrogen) atoms. The average molecular weight is 358 g/mol. The van der Waals surface area contributed by atoms with Crippen molar-refractivity contribution in [2.24, 2.45) is 5.92 Å². The minimum atomic E-state index is -0.0473. The fourth-order valence-electron chi connectivity index (χ4n) is 3.31. The Morgan fingerprint density at radius 3 is 2.37 bits per heavy atom. The van der Waals surface area contributed by atoms with Gasteiger partial charge in [0, 0.05) is 29.1 Å². The lowest BCUT2D eigenvalue weighted by Crippen LogP contribution is -2.30. The minimum Gasteiger partial charge on any atom is -0.326 e. The van der Waals surface area contributed by atoms with Crippen LogP contribution in [0.25, 0.3) is 10.8 Å². The van der Waals surface area contributed by atoms with Crippen LogP contribution in [-0.4, -0.2) is 18.4 Å². The van der Waals surface area contributed by atoms with Crippen LogP contribution in [0.4, 0.5) is 11.4 Å². The summed E-state index contributed by atoms with van der Waals surface area (Å²) in [5.41, 5.74) is 2.25. The normalized spacial score (nSPS) is 13.4. The highest BCUT2D eigenvalue weighted by Crippen LogP contribution is 2.30. The van der Waals surface area contributed by atoms with Gasteiger partial charge in [0.2, 0.25) is 5.91 Å². The van der Waals surface area contributed by atoms with Crippen molar-refractivity contribution >= 4 is 34.0 Å². The van der Waals surface area contributed by atoms with Crippen LogP contribution in [0.2, 0.25) is 0 Å². The van der Waals surface area contributed by atoms with Crippen LogP contribution in [0.15, 0.2) is 66.7 Å². The first kappa shape index (κ1) is 17.3. The number of hydrogen-bond donors (Lipinski definition) is 1. The molecular formula is C23H22N2O2. The summed E-state index contributed by atoms with van der Waals surface area (Å²) in [5.74, 6) is 0.183. The van der Waals surface area contributed by atoms with Crippen LogP contribution in [-0.2, 0) is 4.79 Å². The van der Waals surface area contributed by atoms with E-state index in [4.69, 9.17) is 0 Å². The van der Waals surface area contributed by atoms with Gasteiger partial charge >= 0.3 is 0 Å². The highest BCUT2D eigenvalue weighted by molar-refractivity contribution is 6.11. The van der Waals surface area contributed by atoms with E-state index in [1.807, 2.05) is 37.3 Å². The molecule has 1 N–H and O–H groups in total. The molecule has 0 aliphatic heterocycles. The van der Waals surface area contributed by atoms with Gasteiger partial charge in [-0.1, -0.05) is 36.4 Å². The topological polar surface area (TPSA) is 49.4 Å². The van der Waals surface area contributed by atoms with E-state index in [9.17, 15) is 9.59 Å². The van der Waals surface area contributed by atoms with E-state index in [1.54, 1.807) is 29.2 Å². The number of amides is 2. The second-order valence-electron chi connectivity index (χ2n) is 6.89. The zero-order valence-corrected chi connectivity index (χ0v) is 15.3. The van der Waals surface area contributed by atoms with Crippen molar-refractivity contribution in [3.63, 3.8) is 0 Å². The molecule has 1 fully saturated rings. The Morgan fingerprint density at radius 2 is 1.67 bits per heavy atom. The van der Waals surface area contributed by atoms with Gasteiger partial charge in [0.25, 0.3) is 5.91 Å². The Morgan fingerprint density at radius 1 is 0.963 bits per heavy atom. The van der Waals surface area contributed by atoms with Gasteiger partial charge in [0.1, 0.15) is 0 Å². The first-order valence-corrected chi connectivity index (χ1v) is 9.38. The smallest absolute Gasteiger partial charge is 0.258 e. The van der Waals surface area contributed by atoms with Crippen LogP contribution in [0.3, 0.4) is 0 Å². The van der Waals surface area contributed by atoms with E-state index in [1.165, 1.54) is 0 Å². The van der Waals surface area contributed by atoms with Crippen molar-refractivity contribution in [3.8, 4) is 0 Å². The number of nitrogens with one attached hydrogen (secondary N) is 1. The van der Waals surface area contributed by atoms with Crippen molar-refractivity contribution in [2.45, 2.75) is 19.8 Å². The van der Waals surface area contributed by atoms with Crippen LogP contribution < -0.4 is 10.2 Å². The van der Waals surface area contributed by atoms with Gasteiger partial charge in [-0.25, -0.2) is 0 Å². The predicted molar refractivity (Wildman–Crippen MR) is 109 cm³/mol. The van der Waals surface area contributed by atoms with Gasteiger partial charge in [-0.05, 0) is 55.5 Å². The largest absolute Gasteiger partial charge is 0.326 e. The van der Waals surface area contributed by atoms with Crippen molar-refractivity contribution < 1.29 is 9.59 Å². The van der Waals surface area contributed by atoms with Gasteiger partial charge in [-0.2, -0.15) is 0 Å². The number of carbonyl (C=O) groups excluding carboxylic acids is 2. The molecule has 0 radical (unpaired) electrons. The maximum atomic E-state index is 13.1. The van der Waals surface area contributed by atoms with Crippen molar-refractivity contribution in [2.75, 3.05) is 16.8 Å². The molecule has 0 atom stereocenters. The zero-order valence-electron chi connectivity index (χ0n) is 15.3. The molecule has 3 aromatic rings. The maximum Gasteiger partial charge on any atom is 0.258 e. The Balaban J connectivity index is 1.59. The summed E-state index contributed by atoms with van der Waals surface area (Å²) in [5, 5.41) is 5.07. The average Bonchev–Trinajstić information content (AvgIpc) is 3.55. The van der Waals surface area contributed by atoms with E-state index in [-0.39, 0.29) is 17.7 Å². The maximum absolute atomic E-state index is 13.1. The number of benzene rings is 3. The lowest BCUT2D eigenvalue weighted by atomic mass is 10.1. The number of fused-ring (bicyclic) bond motifs is 1. The molecule has 1 aliphatic carbocycles. The third-order valence-corrected chi connectivity index (χ3v) is 4.97. The summed E-state index contributed by atoms with van der Waals surface area (Å²) in [7, 11) is 0. The highest BCUT2D eigenvalue weighted by Gasteiger charge is 2.29. The zero-order chi connectivity index (χ0) is 18.8. The third-order valence-electron chi connectivity index (χ3n) is 4.97. The van der Waals surface area contributed by atoms with Crippen molar-refractivity contribution in [3.05, 3.63) is 72.3 Å². The molecular weight excluding hydrogens is 336 g/mol. The molecule has 0 unspecified atom stereocenters. The summed E-state index contributed by atoms with van der Waals surface area (Å²) in [6.45, 7) is 2.55. The second kappa shape index (κ2) is 7.23. The van der Waals surface area contributed by atoms with Crippen LogP contribution in [0, 0.1) is 5.92 Å². The Bertz CT molecular complexity index is 985. The van der Waals surface area contributed by atoms with Gasteiger partial charge in [0.05, 0.1) is 5.69 Å². The molecule has 4 rings (SSSR count). The number of hydrogen-bond acceptors (Lipinski definition) is 2. The standard InChI is InChI=1S/C23H22N2O2/c1-2-25(21-9-5-7-16-6-3-4-8-20(16)21)23(27)18-12-14-19(15-13-18)24-22(26)17-10-11-17/h3-9,12-15,17H,2,10-11H2,1H3,(H,24,26). The quantitative estimate of drug-likeness (QED) is 0.708. The van der Waals surface area contributed by atoms with Gasteiger partial charge < -0.3 is 10.2 Å². The first-order chi connectivity index (χ1) is 13.2. The number of rotatable bonds is 5. The molecule has 0 bridgehead atoms. The monoisotopic (exact) mass is 358 g/mol. The van der Waals surface area contributed by atoms with Gasteiger partial charge in [-0.15, -0.1) is 0 Å². The summed E-state index contributed by atoms with van der Waals surface area (Å²) in [6, 6.07) is 21.2. The van der Waals surface area contributed by atoms with E-state index < -0.39 is 0 Å². The second-order valence-corrected chi connectivity index (χ2v) is 6.89. The van der Waals surface area contributed by atoms with E-state index in [0.717, 1.165) is 35.0 Å². The van der Waals surface area contributed by atoms with Crippen LogP contribution in [0.1, 0.15) is 30.1 Å². The molecule has 0 aromatic heterocycles. The van der Waals surface area contributed by atoms with Gasteiger partial charge in [-0.3, -0.25) is 9.59 Å². The van der Waals surface area contributed by atoms with Gasteiger partial charge in [0.15, 0.2) is 0 Å². The number of nitrogens with zero attached hydrogens (tertiary/aromatic N) is 1. The molecule has 136 valence electrons. The molecule has 0 spiro atoms. The molecule has 2 amide bonds. The Hall–Kier alpha value is -3.14. The highest BCUT2D eigenvalue weighted by atomic mass is 16.2. The fraction of sp³-hybridized carbons (Fsp3) is 0.217. The molecule has 3 aromatic carbocycles. The number of carbonyl (C=O) groups is 2. The predicted octanol–water partition coefficient (Wildman–Crippen LogP) is 4.86. The lowest BCUT2D eigenvalue weighted by molar-refractivity contribution is -0.117. The lowest BCUT2D eigenvalue weighted by Gasteiger charge is -2.23. The summed E-state index contributed by atoms with van der Waals surface area (Å²) in [4.78, 5) is 26.8.